The van der Waals surface area contributed by atoms with Gasteiger partial charge in [-0.15, -0.1) is 0 Å². The Labute approximate surface area is 88.1 Å². The van der Waals surface area contributed by atoms with Gasteiger partial charge in [0, 0.05) is 12.0 Å². The maximum Gasteiger partial charge on any atom is 0.227 e. The van der Waals surface area contributed by atoms with Crippen molar-refractivity contribution in [3.8, 4) is 0 Å². The third kappa shape index (κ3) is 2.50. The van der Waals surface area contributed by atoms with Gasteiger partial charge in [-0.2, -0.15) is 0 Å². The highest BCUT2D eigenvalue weighted by molar-refractivity contribution is 5.92. The second kappa shape index (κ2) is 4.35. The highest BCUT2D eigenvalue weighted by Crippen LogP contribution is 2.25. The highest BCUT2D eigenvalue weighted by atomic mass is 16.1. The van der Waals surface area contributed by atoms with Crippen LogP contribution in [-0.4, -0.2) is 21.9 Å². The SMILES string of the molecule is NC1CCC(C(=O)Nc2cncnc2)C1. The topological polar surface area (TPSA) is 80.9 Å². The monoisotopic (exact) mass is 206 g/mol. The van der Waals surface area contributed by atoms with Gasteiger partial charge in [0.15, 0.2) is 0 Å². The van der Waals surface area contributed by atoms with Crippen molar-refractivity contribution in [3.05, 3.63) is 18.7 Å². The summed E-state index contributed by atoms with van der Waals surface area (Å²) in [6, 6.07) is 0.174. The Balaban J connectivity index is 1.93. The molecule has 1 aromatic heterocycles. The molecule has 0 saturated heterocycles. The minimum absolute atomic E-state index is 0.0257. The fourth-order valence-electron chi connectivity index (χ4n) is 1.86. The molecule has 2 atom stereocenters. The second-order valence-corrected chi connectivity index (χ2v) is 3.89. The Bertz CT molecular complexity index is 341. The van der Waals surface area contributed by atoms with Crippen molar-refractivity contribution in [1.29, 1.82) is 0 Å². The van der Waals surface area contributed by atoms with E-state index in [2.05, 4.69) is 15.3 Å². The van der Waals surface area contributed by atoms with Crippen LogP contribution in [0.1, 0.15) is 19.3 Å². The predicted molar refractivity (Wildman–Crippen MR) is 56.0 cm³/mol. The molecule has 1 aliphatic rings. The average molecular weight is 206 g/mol. The van der Waals surface area contributed by atoms with Gasteiger partial charge in [0.25, 0.3) is 0 Å². The zero-order valence-corrected chi connectivity index (χ0v) is 8.39. The van der Waals surface area contributed by atoms with Gasteiger partial charge in [0.1, 0.15) is 6.33 Å². The van der Waals surface area contributed by atoms with Crippen LogP contribution in [0.3, 0.4) is 0 Å². The number of nitrogens with one attached hydrogen (secondary N) is 1. The van der Waals surface area contributed by atoms with Crippen molar-refractivity contribution in [2.75, 3.05) is 5.32 Å². The van der Waals surface area contributed by atoms with Crippen molar-refractivity contribution in [2.45, 2.75) is 25.3 Å². The van der Waals surface area contributed by atoms with Crippen LogP contribution in [0.15, 0.2) is 18.7 Å². The van der Waals surface area contributed by atoms with Gasteiger partial charge < -0.3 is 11.1 Å². The molecule has 1 fully saturated rings. The van der Waals surface area contributed by atoms with Crippen molar-refractivity contribution in [2.24, 2.45) is 11.7 Å². The molecule has 0 radical (unpaired) electrons. The molecule has 0 aromatic carbocycles. The standard InChI is InChI=1S/C10H14N4O/c11-8-2-1-7(3-8)10(15)14-9-4-12-6-13-5-9/h4-8H,1-3,11H2,(H,14,15). The average Bonchev–Trinajstić information content (AvgIpc) is 2.66. The second-order valence-electron chi connectivity index (χ2n) is 3.89. The smallest absolute Gasteiger partial charge is 0.227 e. The molecule has 5 heteroatoms. The van der Waals surface area contributed by atoms with Crippen molar-refractivity contribution in [3.63, 3.8) is 0 Å². The third-order valence-corrected chi connectivity index (χ3v) is 2.67. The summed E-state index contributed by atoms with van der Waals surface area (Å²) < 4.78 is 0. The molecule has 5 nitrogen and oxygen atoms in total. The first-order valence-corrected chi connectivity index (χ1v) is 5.07. The molecular formula is C10H14N4O. The number of hydrogen-bond acceptors (Lipinski definition) is 4. The van der Waals surface area contributed by atoms with Crippen LogP contribution in [-0.2, 0) is 4.79 Å². The molecule has 0 bridgehead atoms. The number of rotatable bonds is 2. The minimum atomic E-state index is 0.0257. The molecule has 3 N–H and O–H groups in total. The van der Waals surface area contributed by atoms with Crippen LogP contribution in [0, 0.1) is 5.92 Å². The number of carbonyl (C=O) groups excluding carboxylic acids is 1. The van der Waals surface area contributed by atoms with Crippen molar-refractivity contribution in [1.82, 2.24) is 9.97 Å². The van der Waals surface area contributed by atoms with Crippen molar-refractivity contribution < 1.29 is 4.79 Å². The van der Waals surface area contributed by atoms with E-state index in [0.717, 1.165) is 19.3 Å². The Hall–Kier alpha value is -1.49. The van der Waals surface area contributed by atoms with Gasteiger partial charge in [-0.3, -0.25) is 4.79 Å². The van der Waals surface area contributed by atoms with Crippen molar-refractivity contribution >= 4 is 11.6 Å². The maximum absolute atomic E-state index is 11.7. The van der Waals surface area contributed by atoms with E-state index < -0.39 is 0 Å². The molecule has 0 spiro atoms. The lowest BCUT2D eigenvalue weighted by Crippen LogP contribution is -2.23. The molecule has 80 valence electrons. The van der Waals surface area contributed by atoms with E-state index in [4.69, 9.17) is 5.73 Å². The fourth-order valence-corrected chi connectivity index (χ4v) is 1.86. The summed E-state index contributed by atoms with van der Waals surface area (Å²) in [7, 11) is 0. The van der Waals surface area contributed by atoms with Crippen LogP contribution in [0.25, 0.3) is 0 Å². The Morgan fingerprint density at radius 1 is 1.40 bits per heavy atom. The molecule has 1 aliphatic carbocycles. The van der Waals surface area contributed by atoms with Crippen LogP contribution in [0.4, 0.5) is 5.69 Å². The van der Waals surface area contributed by atoms with Gasteiger partial charge in [0.2, 0.25) is 5.91 Å². The van der Waals surface area contributed by atoms with Gasteiger partial charge >= 0.3 is 0 Å². The molecule has 1 heterocycles. The fraction of sp³-hybridized carbons (Fsp3) is 0.500. The third-order valence-electron chi connectivity index (χ3n) is 2.67. The van der Waals surface area contributed by atoms with Crippen LogP contribution >= 0.6 is 0 Å². The number of carbonyl (C=O) groups is 1. The lowest BCUT2D eigenvalue weighted by atomic mass is 10.1. The molecular weight excluding hydrogens is 192 g/mol. The number of anilines is 1. The number of amides is 1. The van der Waals surface area contributed by atoms with Gasteiger partial charge in [-0.1, -0.05) is 0 Å². The first-order valence-electron chi connectivity index (χ1n) is 5.07. The first-order chi connectivity index (χ1) is 7.25. The summed E-state index contributed by atoms with van der Waals surface area (Å²) in [4.78, 5) is 19.4. The summed E-state index contributed by atoms with van der Waals surface area (Å²) in [5.41, 5.74) is 6.39. The normalized spacial score (nSPS) is 25.1. The van der Waals surface area contributed by atoms with Gasteiger partial charge in [0.05, 0.1) is 18.1 Å². The van der Waals surface area contributed by atoms with Crippen LogP contribution in [0.5, 0.6) is 0 Å². The summed E-state index contributed by atoms with van der Waals surface area (Å²) in [6.07, 6.45) is 7.18. The van der Waals surface area contributed by atoms with E-state index in [-0.39, 0.29) is 17.9 Å². The highest BCUT2D eigenvalue weighted by Gasteiger charge is 2.27. The van der Waals surface area contributed by atoms with Crippen LogP contribution in [0.2, 0.25) is 0 Å². The molecule has 2 rings (SSSR count). The van der Waals surface area contributed by atoms with Gasteiger partial charge in [-0.05, 0) is 19.3 Å². The maximum atomic E-state index is 11.7. The van der Waals surface area contributed by atoms with E-state index in [0.29, 0.717) is 5.69 Å². The Kier molecular flexibility index (Phi) is 2.91. The van der Waals surface area contributed by atoms with Gasteiger partial charge in [-0.25, -0.2) is 9.97 Å². The quantitative estimate of drug-likeness (QED) is 0.740. The molecule has 1 amide bonds. The lowest BCUT2D eigenvalue weighted by Gasteiger charge is -2.09. The molecule has 2 unspecified atom stereocenters. The number of nitrogens with two attached hydrogens (primary N) is 1. The van der Waals surface area contributed by atoms with E-state index in [1.165, 1.54) is 6.33 Å². The zero-order chi connectivity index (χ0) is 10.7. The van der Waals surface area contributed by atoms with E-state index >= 15 is 0 Å². The Morgan fingerprint density at radius 2 is 2.13 bits per heavy atom. The molecule has 1 aromatic rings. The summed E-state index contributed by atoms with van der Waals surface area (Å²) in [5.74, 6) is 0.0676. The minimum Gasteiger partial charge on any atom is -0.328 e. The van der Waals surface area contributed by atoms with E-state index in [9.17, 15) is 4.79 Å². The Morgan fingerprint density at radius 3 is 2.73 bits per heavy atom. The number of hydrogen-bond donors (Lipinski definition) is 2. The molecule has 15 heavy (non-hydrogen) atoms. The summed E-state index contributed by atoms with van der Waals surface area (Å²) >= 11 is 0. The number of aromatic nitrogens is 2. The summed E-state index contributed by atoms with van der Waals surface area (Å²) in [6.45, 7) is 0. The lowest BCUT2D eigenvalue weighted by molar-refractivity contribution is -0.119. The summed E-state index contributed by atoms with van der Waals surface area (Å²) in [5, 5.41) is 2.78. The zero-order valence-electron chi connectivity index (χ0n) is 8.39. The van der Waals surface area contributed by atoms with E-state index in [1.807, 2.05) is 0 Å². The first kappa shape index (κ1) is 10.0. The molecule has 0 aliphatic heterocycles. The van der Waals surface area contributed by atoms with E-state index in [1.54, 1.807) is 12.4 Å². The van der Waals surface area contributed by atoms with Crippen LogP contribution < -0.4 is 11.1 Å². The molecule has 1 saturated carbocycles. The largest absolute Gasteiger partial charge is 0.328 e. The number of nitrogens with zero attached hydrogens (tertiary/aromatic N) is 2. The predicted octanol–water partition coefficient (Wildman–Crippen LogP) is 0.542.